The molecule has 2 N–H and O–H groups in total. The molecule has 0 amide bonds. The third kappa shape index (κ3) is 3.24. The summed E-state index contributed by atoms with van der Waals surface area (Å²) < 4.78 is 0. The summed E-state index contributed by atoms with van der Waals surface area (Å²) in [6, 6.07) is 27.1. The van der Waals surface area contributed by atoms with Gasteiger partial charge in [-0.3, -0.25) is 0 Å². The Morgan fingerprint density at radius 3 is 1.88 bits per heavy atom. The molecule has 6 aromatic rings. The van der Waals surface area contributed by atoms with Gasteiger partial charge in [0.25, 0.3) is 0 Å². The molecule has 2 aromatic heterocycles. The molecule has 0 aliphatic carbocycles. The average molecular weight is 445 g/mol. The van der Waals surface area contributed by atoms with Crippen LogP contribution in [0.3, 0.4) is 0 Å². The zero-order valence-electron chi connectivity index (χ0n) is 20.9. The SMILES string of the molecule is CC(C)(C)c1ccc2[nH]c3c(-c4ccc5[nH]c6ccccc6c5c4)cc(C(C)(C)C)cc3c2c1. The van der Waals surface area contributed by atoms with Crippen molar-refractivity contribution in [2.24, 2.45) is 0 Å². The van der Waals surface area contributed by atoms with Crippen LogP contribution in [0.1, 0.15) is 52.7 Å². The molecule has 0 unspecified atom stereocenters. The van der Waals surface area contributed by atoms with Gasteiger partial charge in [-0.15, -0.1) is 0 Å². The smallest absolute Gasteiger partial charge is 0.0544 e. The molecular formula is C32H32N2. The van der Waals surface area contributed by atoms with Crippen molar-refractivity contribution in [3.8, 4) is 11.1 Å². The van der Waals surface area contributed by atoms with E-state index in [2.05, 4.69) is 124 Å². The molecule has 170 valence electrons. The highest BCUT2D eigenvalue weighted by atomic mass is 14.7. The highest BCUT2D eigenvalue weighted by molar-refractivity contribution is 6.14. The van der Waals surface area contributed by atoms with E-state index in [1.807, 2.05) is 0 Å². The maximum absolute atomic E-state index is 3.77. The van der Waals surface area contributed by atoms with Crippen LogP contribution in [-0.2, 0) is 10.8 Å². The van der Waals surface area contributed by atoms with Crippen molar-refractivity contribution in [2.75, 3.05) is 0 Å². The maximum atomic E-state index is 3.77. The number of para-hydroxylation sites is 1. The minimum Gasteiger partial charge on any atom is -0.355 e. The summed E-state index contributed by atoms with van der Waals surface area (Å²) in [5.74, 6) is 0. The number of rotatable bonds is 1. The van der Waals surface area contributed by atoms with E-state index in [-0.39, 0.29) is 10.8 Å². The molecule has 0 saturated carbocycles. The number of fused-ring (bicyclic) bond motifs is 6. The van der Waals surface area contributed by atoms with Crippen molar-refractivity contribution in [3.63, 3.8) is 0 Å². The fourth-order valence-corrected chi connectivity index (χ4v) is 5.14. The summed E-state index contributed by atoms with van der Waals surface area (Å²) in [7, 11) is 0. The molecule has 2 nitrogen and oxygen atoms in total. The zero-order chi connectivity index (χ0) is 23.8. The molecule has 0 aliphatic heterocycles. The zero-order valence-corrected chi connectivity index (χ0v) is 20.9. The highest BCUT2D eigenvalue weighted by Gasteiger charge is 2.21. The van der Waals surface area contributed by atoms with Crippen molar-refractivity contribution >= 4 is 43.6 Å². The molecule has 0 bridgehead atoms. The second-order valence-corrected chi connectivity index (χ2v) is 11.8. The summed E-state index contributed by atoms with van der Waals surface area (Å²) in [6.07, 6.45) is 0. The summed E-state index contributed by atoms with van der Waals surface area (Å²) in [5.41, 5.74) is 10.2. The number of aromatic nitrogens is 2. The third-order valence-corrected chi connectivity index (χ3v) is 7.26. The number of aromatic amines is 2. The average Bonchev–Trinajstić information content (AvgIpc) is 3.34. The number of H-pyrrole nitrogens is 2. The first-order valence-electron chi connectivity index (χ1n) is 12.2. The quantitative estimate of drug-likeness (QED) is 0.253. The monoisotopic (exact) mass is 444 g/mol. The third-order valence-electron chi connectivity index (χ3n) is 7.26. The van der Waals surface area contributed by atoms with Crippen LogP contribution in [0.5, 0.6) is 0 Å². The van der Waals surface area contributed by atoms with E-state index >= 15 is 0 Å². The lowest BCUT2D eigenvalue weighted by molar-refractivity contribution is 0.590. The van der Waals surface area contributed by atoms with Crippen LogP contribution in [0.15, 0.2) is 72.8 Å². The van der Waals surface area contributed by atoms with Gasteiger partial charge in [0, 0.05) is 43.7 Å². The van der Waals surface area contributed by atoms with E-state index in [0.717, 1.165) is 0 Å². The summed E-state index contributed by atoms with van der Waals surface area (Å²) in [4.78, 5) is 7.34. The Morgan fingerprint density at radius 2 is 1.12 bits per heavy atom. The Morgan fingerprint density at radius 1 is 0.500 bits per heavy atom. The first-order chi connectivity index (χ1) is 16.1. The molecule has 2 heteroatoms. The number of hydrogen-bond donors (Lipinski definition) is 2. The van der Waals surface area contributed by atoms with Crippen LogP contribution in [0, 0.1) is 0 Å². The lowest BCUT2D eigenvalue weighted by atomic mass is 9.83. The standard InChI is InChI=1S/C32H32N2/c1-31(2,3)20-12-14-29-25(16-20)26-18-21(32(4,5)6)17-23(30(26)34-29)19-11-13-28-24(15-19)22-9-7-8-10-27(22)33-28/h7-18,33-34H,1-6H3. The predicted octanol–water partition coefficient (Wildman–Crippen LogP) is 9.22. The van der Waals surface area contributed by atoms with Gasteiger partial charge in [-0.1, -0.05) is 71.9 Å². The lowest BCUT2D eigenvalue weighted by Crippen LogP contribution is -2.11. The highest BCUT2D eigenvalue weighted by Crippen LogP contribution is 2.40. The van der Waals surface area contributed by atoms with Gasteiger partial charge >= 0.3 is 0 Å². The van der Waals surface area contributed by atoms with Gasteiger partial charge in [0.05, 0.1) is 5.52 Å². The molecule has 2 heterocycles. The molecule has 34 heavy (non-hydrogen) atoms. The van der Waals surface area contributed by atoms with E-state index in [9.17, 15) is 0 Å². The number of nitrogens with one attached hydrogen (secondary N) is 2. The first kappa shape index (κ1) is 21.0. The topological polar surface area (TPSA) is 31.6 Å². The van der Waals surface area contributed by atoms with Gasteiger partial charge in [-0.2, -0.15) is 0 Å². The molecule has 0 saturated heterocycles. The summed E-state index contributed by atoms with van der Waals surface area (Å²) in [5, 5.41) is 5.16. The van der Waals surface area contributed by atoms with Crippen LogP contribution in [-0.4, -0.2) is 9.97 Å². The molecule has 0 atom stereocenters. The molecule has 4 aromatic carbocycles. The Kier molecular flexibility index (Phi) is 4.33. The second kappa shape index (κ2) is 6.99. The largest absolute Gasteiger partial charge is 0.355 e. The Bertz CT molecular complexity index is 1710. The van der Waals surface area contributed by atoms with Crippen LogP contribution in [0.2, 0.25) is 0 Å². The molecule has 0 radical (unpaired) electrons. The van der Waals surface area contributed by atoms with E-state index < -0.39 is 0 Å². The van der Waals surface area contributed by atoms with E-state index in [4.69, 9.17) is 0 Å². The Balaban J connectivity index is 1.68. The molecule has 0 spiro atoms. The molecular weight excluding hydrogens is 412 g/mol. The van der Waals surface area contributed by atoms with E-state index in [1.165, 1.54) is 65.9 Å². The van der Waals surface area contributed by atoms with Gasteiger partial charge in [0.15, 0.2) is 0 Å². The van der Waals surface area contributed by atoms with Crippen molar-refractivity contribution in [1.29, 1.82) is 0 Å². The molecule has 0 fully saturated rings. The minimum absolute atomic E-state index is 0.0546. The maximum Gasteiger partial charge on any atom is 0.0544 e. The Labute approximate surface area is 201 Å². The normalized spacial score (nSPS) is 13.0. The number of benzene rings is 4. The predicted molar refractivity (Wildman–Crippen MR) is 148 cm³/mol. The first-order valence-corrected chi connectivity index (χ1v) is 12.2. The van der Waals surface area contributed by atoms with E-state index in [0.29, 0.717) is 0 Å². The van der Waals surface area contributed by atoms with Gasteiger partial charge in [-0.05, 0) is 70.0 Å². The van der Waals surface area contributed by atoms with Crippen LogP contribution >= 0.6 is 0 Å². The summed E-state index contributed by atoms with van der Waals surface area (Å²) in [6.45, 7) is 13.8. The van der Waals surface area contributed by atoms with Crippen LogP contribution in [0.4, 0.5) is 0 Å². The van der Waals surface area contributed by atoms with Crippen molar-refractivity contribution in [1.82, 2.24) is 9.97 Å². The van der Waals surface area contributed by atoms with E-state index in [1.54, 1.807) is 0 Å². The fourth-order valence-electron chi connectivity index (χ4n) is 5.14. The van der Waals surface area contributed by atoms with Crippen LogP contribution < -0.4 is 0 Å². The summed E-state index contributed by atoms with van der Waals surface area (Å²) >= 11 is 0. The van der Waals surface area contributed by atoms with Gasteiger partial charge in [0.1, 0.15) is 0 Å². The van der Waals surface area contributed by atoms with Gasteiger partial charge < -0.3 is 9.97 Å². The van der Waals surface area contributed by atoms with Crippen molar-refractivity contribution < 1.29 is 0 Å². The van der Waals surface area contributed by atoms with Gasteiger partial charge in [0.2, 0.25) is 0 Å². The van der Waals surface area contributed by atoms with Gasteiger partial charge in [-0.25, -0.2) is 0 Å². The number of hydrogen-bond acceptors (Lipinski definition) is 0. The van der Waals surface area contributed by atoms with Crippen LogP contribution in [0.25, 0.3) is 54.7 Å². The second-order valence-electron chi connectivity index (χ2n) is 11.8. The molecule has 0 aliphatic rings. The minimum atomic E-state index is 0.0546. The Hall–Kier alpha value is -3.52. The fraction of sp³-hybridized carbons (Fsp3) is 0.250. The molecule has 6 rings (SSSR count). The lowest BCUT2D eigenvalue weighted by Gasteiger charge is -2.21. The van der Waals surface area contributed by atoms with Crippen molar-refractivity contribution in [2.45, 2.75) is 52.4 Å². The van der Waals surface area contributed by atoms with Crippen molar-refractivity contribution in [3.05, 3.63) is 83.9 Å².